The number of hydrogen-bond donors (Lipinski definition) is 1. The van der Waals surface area contributed by atoms with Crippen LogP contribution in [0.3, 0.4) is 0 Å². The summed E-state index contributed by atoms with van der Waals surface area (Å²) in [6.07, 6.45) is -0.972. The van der Waals surface area contributed by atoms with Crippen molar-refractivity contribution >= 4 is 23.3 Å². The standard InChI is InChI=1S/C24H25N3O4/c1-15-22(16(2)27(26-15)21-11-6-5-7-12-21)14-23(29)31-18(4)24(30)25-20-10-8-9-19(13-20)17(3)28/h5-13,18H,14H2,1-4H3,(H,25,30)/t18-/m0/s1. The number of hydrogen-bond acceptors (Lipinski definition) is 5. The lowest BCUT2D eigenvalue weighted by atomic mass is 10.1. The van der Waals surface area contributed by atoms with Crippen molar-refractivity contribution < 1.29 is 19.1 Å². The maximum absolute atomic E-state index is 12.5. The highest BCUT2D eigenvalue weighted by Gasteiger charge is 2.21. The van der Waals surface area contributed by atoms with Crippen LogP contribution in [0, 0.1) is 13.8 Å². The van der Waals surface area contributed by atoms with Crippen molar-refractivity contribution in [3.63, 3.8) is 0 Å². The summed E-state index contributed by atoms with van der Waals surface area (Å²) in [6.45, 7) is 6.70. The molecule has 1 aromatic heterocycles. The molecular weight excluding hydrogens is 394 g/mol. The minimum atomic E-state index is -0.988. The van der Waals surface area contributed by atoms with Crippen molar-refractivity contribution in [2.45, 2.75) is 40.2 Å². The van der Waals surface area contributed by atoms with Gasteiger partial charge in [-0.15, -0.1) is 0 Å². The average molecular weight is 419 g/mol. The molecule has 0 spiro atoms. The van der Waals surface area contributed by atoms with Gasteiger partial charge >= 0.3 is 5.97 Å². The largest absolute Gasteiger partial charge is 0.452 e. The van der Waals surface area contributed by atoms with E-state index in [9.17, 15) is 14.4 Å². The summed E-state index contributed by atoms with van der Waals surface area (Å²) >= 11 is 0. The number of carbonyl (C=O) groups excluding carboxylic acids is 3. The maximum Gasteiger partial charge on any atom is 0.311 e. The van der Waals surface area contributed by atoms with Crippen LogP contribution >= 0.6 is 0 Å². The van der Waals surface area contributed by atoms with Crippen LogP contribution in [0.15, 0.2) is 54.6 Å². The molecule has 3 aromatic rings. The van der Waals surface area contributed by atoms with Crippen LogP contribution in [-0.4, -0.2) is 33.5 Å². The first kappa shape index (κ1) is 22.0. The van der Waals surface area contributed by atoms with E-state index >= 15 is 0 Å². The Bertz CT molecular complexity index is 1120. The molecule has 0 aliphatic heterocycles. The third kappa shape index (κ3) is 5.25. The van der Waals surface area contributed by atoms with Crippen molar-refractivity contribution in [1.29, 1.82) is 0 Å². The molecule has 0 bridgehead atoms. The molecule has 0 saturated heterocycles. The zero-order valence-electron chi connectivity index (χ0n) is 18.0. The first-order chi connectivity index (χ1) is 14.8. The maximum atomic E-state index is 12.5. The lowest BCUT2D eigenvalue weighted by Crippen LogP contribution is -2.30. The molecule has 0 unspecified atom stereocenters. The van der Waals surface area contributed by atoms with Gasteiger partial charge in [0.2, 0.25) is 0 Å². The van der Waals surface area contributed by atoms with Crippen LogP contribution in [0.4, 0.5) is 5.69 Å². The predicted molar refractivity (Wildman–Crippen MR) is 117 cm³/mol. The molecule has 0 aliphatic rings. The van der Waals surface area contributed by atoms with Gasteiger partial charge < -0.3 is 10.1 Å². The van der Waals surface area contributed by atoms with E-state index in [-0.39, 0.29) is 12.2 Å². The van der Waals surface area contributed by atoms with Crippen molar-refractivity contribution in [3.8, 4) is 5.69 Å². The Hall–Kier alpha value is -3.74. The van der Waals surface area contributed by atoms with Gasteiger partial charge in [-0.25, -0.2) is 4.68 Å². The van der Waals surface area contributed by atoms with Crippen LogP contribution in [-0.2, 0) is 20.7 Å². The normalized spacial score (nSPS) is 11.6. The molecule has 7 heteroatoms. The average Bonchev–Trinajstić information content (AvgIpc) is 3.02. The van der Waals surface area contributed by atoms with E-state index in [1.165, 1.54) is 13.8 Å². The number of aromatic nitrogens is 2. The second kappa shape index (κ2) is 9.38. The number of anilines is 1. The van der Waals surface area contributed by atoms with Gasteiger partial charge in [0, 0.05) is 22.5 Å². The Kier molecular flexibility index (Phi) is 6.65. The molecule has 1 N–H and O–H groups in total. The Labute approximate surface area is 181 Å². The Morgan fingerprint density at radius 1 is 1.06 bits per heavy atom. The molecule has 160 valence electrons. The van der Waals surface area contributed by atoms with Crippen LogP contribution in [0.25, 0.3) is 5.69 Å². The van der Waals surface area contributed by atoms with Crippen LogP contribution < -0.4 is 5.32 Å². The van der Waals surface area contributed by atoms with Gasteiger partial charge in [-0.1, -0.05) is 30.3 Å². The summed E-state index contributed by atoms with van der Waals surface area (Å²) in [4.78, 5) is 36.4. The van der Waals surface area contributed by atoms with Crippen molar-refractivity contribution in [1.82, 2.24) is 9.78 Å². The summed E-state index contributed by atoms with van der Waals surface area (Å²) in [6, 6.07) is 16.3. The van der Waals surface area contributed by atoms with Gasteiger partial charge in [0.25, 0.3) is 5.91 Å². The molecule has 3 rings (SSSR count). The van der Waals surface area contributed by atoms with Crippen molar-refractivity contribution in [2.75, 3.05) is 5.32 Å². The number of nitrogens with one attached hydrogen (secondary N) is 1. The summed E-state index contributed by atoms with van der Waals surface area (Å²) in [5.74, 6) is -1.08. The first-order valence-electron chi connectivity index (χ1n) is 9.98. The topological polar surface area (TPSA) is 90.3 Å². The molecule has 2 aromatic carbocycles. The molecule has 1 atom stereocenters. The molecule has 0 aliphatic carbocycles. The number of esters is 1. The summed E-state index contributed by atoms with van der Waals surface area (Å²) in [5, 5.41) is 7.20. The number of carbonyl (C=O) groups is 3. The third-order valence-electron chi connectivity index (χ3n) is 4.98. The monoisotopic (exact) mass is 419 g/mol. The molecule has 0 radical (unpaired) electrons. The number of Topliss-reactive ketones (excluding diaryl/α,β-unsaturated/α-hetero) is 1. The fraction of sp³-hybridized carbons (Fsp3) is 0.250. The summed E-state index contributed by atoms with van der Waals surface area (Å²) in [7, 11) is 0. The van der Waals surface area contributed by atoms with Crippen LogP contribution in [0.1, 0.15) is 41.2 Å². The molecular formula is C24H25N3O4. The highest BCUT2D eigenvalue weighted by Crippen LogP contribution is 2.19. The van der Waals surface area contributed by atoms with E-state index in [1.54, 1.807) is 28.9 Å². The van der Waals surface area contributed by atoms with Crippen molar-refractivity contribution in [2.24, 2.45) is 0 Å². The first-order valence-corrected chi connectivity index (χ1v) is 9.98. The quantitative estimate of drug-likeness (QED) is 0.465. The van der Waals surface area contributed by atoms with Crippen molar-refractivity contribution in [3.05, 3.63) is 77.1 Å². The fourth-order valence-electron chi connectivity index (χ4n) is 3.25. The highest BCUT2D eigenvalue weighted by molar-refractivity contribution is 5.98. The molecule has 31 heavy (non-hydrogen) atoms. The van der Waals surface area contributed by atoms with Gasteiger partial charge in [-0.3, -0.25) is 14.4 Å². The van der Waals surface area contributed by atoms with Gasteiger partial charge in [-0.2, -0.15) is 5.10 Å². The molecule has 7 nitrogen and oxygen atoms in total. The second-order valence-electron chi connectivity index (χ2n) is 7.33. The number of para-hydroxylation sites is 1. The van der Waals surface area contributed by atoms with E-state index in [2.05, 4.69) is 10.4 Å². The van der Waals surface area contributed by atoms with E-state index < -0.39 is 18.0 Å². The molecule has 1 amide bonds. The smallest absolute Gasteiger partial charge is 0.311 e. The fourth-order valence-corrected chi connectivity index (χ4v) is 3.25. The number of nitrogens with zero attached hydrogens (tertiary/aromatic N) is 2. The lowest BCUT2D eigenvalue weighted by molar-refractivity contribution is -0.152. The molecule has 0 fully saturated rings. The Balaban J connectivity index is 1.64. The molecule has 1 heterocycles. The summed E-state index contributed by atoms with van der Waals surface area (Å²) < 4.78 is 7.12. The predicted octanol–water partition coefficient (Wildman–Crippen LogP) is 3.80. The number of rotatable bonds is 7. The SMILES string of the molecule is CC(=O)c1cccc(NC(=O)[C@H](C)OC(=O)Cc2c(C)nn(-c3ccccc3)c2C)c1. The van der Waals surface area contributed by atoms with Crippen LogP contribution in [0.5, 0.6) is 0 Å². The summed E-state index contributed by atoms with van der Waals surface area (Å²) in [5.41, 5.74) is 4.22. The number of amides is 1. The zero-order valence-corrected chi connectivity index (χ0v) is 18.0. The van der Waals surface area contributed by atoms with Gasteiger partial charge in [0.15, 0.2) is 11.9 Å². The van der Waals surface area contributed by atoms with E-state index in [0.717, 1.165) is 22.6 Å². The van der Waals surface area contributed by atoms with Gasteiger partial charge in [-0.05, 0) is 52.0 Å². The van der Waals surface area contributed by atoms with E-state index in [1.807, 2.05) is 44.2 Å². The minimum Gasteiger partial charge on any atom is -0.452 e. The van der Waals surface area contributed by atoms with E-state index in [4.69, 9.17) is 4.74 Å². The molecule has 0 saturated carbocycles. The Morgan fingerprint density at radius 2 is 1.77 bits per heavy atom. The minimum absolute atomic E-state index is 0.0158. The van der Waals surface area contributed by atoms with E-state index in [0.29, 0.717) is 11.3 Å². The number of benzene rings is 2. The number of aryl methyl sites for hydroxylation is 1. The lowest BCUT2D eigenvalue weighted by Gasteiger charge is -2.14. The Morgan fingerprint density at radius 3 is 2.45 bits per heavy atom. The van der Waals surface area contributed by atoms with Crippen LogP contribution in [0.2, 0.25) is 0 Å². The van der Waals surface area contributed by atoms with Gasteiger partial charge in [0.05, 0.1) is 17.8 Å². The van der Waals surface area contributed by atoms with Gasteiger partial charge in [0.1, 0.15) is 0 Å². The zero-order chi connectivity index (χ0) is 22.5. The number of ether oxygens (including phenoxy) is 1. The number of ketones is 1. The third-order valence-corrected chi connectivity index (χ3v) is 4.98. The second-order valence-corrected chi connectivity index (χ2v) is 7.33. The highest BCUT2D eigenvalue weighted by atomic mass is 16.5.